The lowest BCUT2D eigenvalue weighted by atomic mass is 10.1. The van der Waals surface area contributed by atoms with E-state index in [9.17, 15) is 0 Å². The van der Waals surface area contributed by atoms with Gasteiger partial charge in [-0.05, 0) is 39.2 Å². The molecule has 0 atom stereocenters. The number of nitrogens with zero attached hydrogens (tertiary/aromatic N) is 2. The standard InChI is InChI=1S/C13H20N2S/c1-10-9-12(11(2)14(10)3)13(16)15-7-5-4-6-8-15/h9H,4-8H2,1-3H3. The van der Waals surface area contributed by atoms with E-state index in [2.05, 4.69) is 36.4 Å². The van der Waals surface area contributed by atoms with Gasteiger partial charge in [0, 0.05) is 37.1 Å². The van der Waals surface area contributed by atoms with Crippen LogP contribution in [0.25, 0.3) is 0 Å². The van der Waals surface area contributed by atoms with Gasteiger partial charge in [0.15, 0.2) is 0 Å². The van der Waals surface area contributed by atoms with Crippen molar-refractivity contribution in [2.45, 2.75) is 33.1 Å². The van der Waals surface area contributed by atoms with Gasteiger partial charge in [0.05, 0.1) is 0 Å². The van der Waals surface area contributed by atoms with E-state index in [4.69, 9.17) is 12.2 Å². The first-order valence-corrected chi connectivity index (χ1v) is 6.44. The van der Waals surface area contributed by atoms with E-state index in [1.807, 2.05) is 0 Å². The zero-order valence-corrected chi connectivity index (χ0v) is 11.2. The van der Waals surface area contributed by atoms with Crippen LogP contribution in [0.4, 0.5) is 0 Å². The van der Waals surface area contributed by atoms with Crippen molar-refractivity contribution in [1.82, 2.24) is 9.47 Å². The Hall–Kier alpha value is -0.830. The quantitative estimate of drug-likeness (QED) is 0.693. The average Bonchev–Trinajstić information content (AvgIpc) is 2.57. The van der Waals surface area contributed by atoms with Gasteiger partial charge >= 0.3 is 0 Å². The van der Waals surface area contributed by atoms with Crippen molar-refractivity contribution >= 4 is 17.2 Å². The lowest BCUT2D eigenvalue weighted by molar-refractivity contribution is 0.347. The van der Waals surface area contributed by atoms with Crippen LogP contribution in [-0.4, -0.2) is 27.5 Å². The van der Waals surface area contributed by atoms with E-state index in [1.54, 1.807) is 0 Å². The highest BCUT2D eigenvalue weighted by molar-refractivity contribution is 7.80. The highest BCUT2D eigenvalue weighted by Gasteiger charge is 2.18. The zero-order chi connectivity index (χ0) is 11.7. The molecule has 0 bridgehead atoms. The Bertz CT molecular complexity index is 400. The summed E-state index contributed by atoms with van der Waals surface area (Å²) in [5.74, 6) is 0. The Morgan fingerprint density at radius 3 is 2.31 bits per heavy atom. The minimum atomic E-state index is 1.04. The van der Waals surface area contributed by atoms with Crippen LogP contribution < -0.4 is 0 Å². The molecule has 0 unspecified atom stereocenters. The van der Waals surface area contributed by atoms with Gasteiger partial charge in [-0.25, -0.2) is 0 Å². The first-order chi connectivity index (χ1) is 7.61. The average molecular weight is 236 g/mol. The molecule has 1 aliphatic heterocycles. The minimum absolute atomic E-state index is 1.04. The smallest absolute Gasteiger partial charge is 0.111 e. The molecule has 1 fully saturated rings. The van der Waals surface area contributed by atoms with Crippen molar-refractivity contribution in [3.63, 3.8) is 0 Å². The van der Waals surface area contributed by atoms with E-state index in [-0.39, 0.29) is 0 Å². The molecule has 16 heavy (non-hydrogen) atoms. The Labute approximate surface area is 103 Å². The fourth-order valence-electron chi connectivity index (χ4n) is 2.34. The number of hydrogen-bond acceptors (Lipinski definition) is 1. The van der Waals surface area contributed by atoms with Gasteiger partial charge in [0.1, 0.15) is 4.99 Å². The maximum Gasteiger partial charge on any atom is 0.111 e. The van der Waals surface area contributed by atoms with Gasteiger partial charge in [-0.1, -0.05) is 12.2 Å². The molecule has 0 aliphatic carbocycles. The predicted octanol–water partition coefficient (Wildman–Crippen LogP) is 2.80. The van der Waals surface area contributed by atoms with Crippen LogP contribution >= 0.6 is 12.2 Å². The van der Waals surface area contributed by atoms with Crippen LogP contribution in [0.1, 0.15) is 36.2 Å². The summed E-state index contributed by atoms with van der Waals surface area (Å²) >= 11 is 5.61. The monoisotopic (exact) mass is 236 g/mol. The third kappa shape index (κ3) is 2.01. The molecule has 2 heterocycles. The SMILES string of the molecule is Cc1cc(C(=S)N2CCCCC2)c(C)n1C. The maximum atomic E-state index is 5.61. The molecule has 1 aromatic rings. The molecule has 2 nitrogen and oxygen atoms in total. The molecule has 2 rings (SSSR count). The fraction of sp³-hybridized carbons (Fsp3) is 0.615. The second kappa shape index (κ2) is 4.58. The summed E-state index contributed by atoms with van der Waals surface area (Å²) in [7, 11) is 2.10. The number of piperidine rings is 1. The molecule has 0 aromatic carbocycles. The van der Waals surface area contributed by atoms with E-state index >= 15 is 0 Å². The molecule has 1 saturated heterocycles. The van der Waals surface area contributed by atoms with Crippen molar-refractivity contribution < 1.29 is 0 Å². The molecule has 0 N–H and O–H groups in total. The Balaban J connectivity index is 2.22. The molecular weight excluding hydrogens is 216 g/mol. The first kappa shape index (κ1) is 11.6. The van der Waals surface area contributed by atoms with Gasteiger partial charge < -0.3 is 9.47 Å². The number of thiocarbonyl (C=S) groups is 1. The first-order valence-electron chi connectivity index (χ1n) is 6.03. The lowest BCUT2D eigenvalue weighted by Crippen LogP contribution is -2.35. The number of likely N-dealkylation sites (tertiary alicyclic amines) is 1. The third-order valence-corrected chi connectivity index (χ3v) is 4.13. The largest absolute Gasteiger partial charge is 0.362 e. The highest BCUT2D eigenvalue weighted by Crippen LogP contribution is 2.19. The Kier molecular flexibility index (Phi) is 3.33. The topological polar surface area (TPSA) is 8.17 Å². The van der Waals surface area contributed by atoms with Gasteiger partial charge in [0.2, 0.25) is 0 Å². The van der Waals surface area contributed by atoms with Crippen molar-refractivity contribution in [2.75, 3.05) is 13.1 Å². The van der Waals surface area contributed by atoms with E-state index in [1.165, 1.54) is 36.2 Å². The van der Waals surface area contributed by atoms with Crippen LogP contribution in [0, 0.1) is 13.8 Å². The number of aromatic nitrogens is 1. The summed E-state index contributed by atoms with van der Waals surface area (Å²) < 4.78 is 2.21. The van der Waals surface area contributed by atoms with Gasteiger partial charge in [-0.3, -0.25) is 0 Å². The second-order valence-electron chi connectivity index (χ2n) is 4.70. The van der Waals surface area contributed by atoms with Gasteiger partial charge in [-0.2, -0.15) is 0 Å². The molecule has 1 aromatic heterocycles. The summed E-state index contributed by atoms with van der Waals surface area (Å²) in [4.78, 5) is 3.40. The predicted molar refractivity (Wildman–Crippen MR) is 72.0 cm³/mol. The Morgan fingerprint density at radius 1 is 1.19 bits per heavy atom. The highest BCUT2D eigenvalue weighted by atomic mass is 32.1. The van der Waals surface area contributed by atoms with E-state index in [0.29, 0.717) is 0 Å². The second-order valence-corrected chi connectivity index (χ2v) is 5.08. The minimum Gasteiger partial charge on any atom is -0.362 e. The summed E-state index contributed by atoms with van der Waals surface area (Å²) in [6.07, 6.45) is 3.92. The number of aryl methyl sites for hydroxylation is 1. The maximum absolute atomic E-state index is 5.61. The normalized spacial score (nSPS) is 16.6. The summed E-state index contributed by atoms with van der Waals surface area (Å²) in [6.45, 7) is 6.55. The molecular formula is C13H20N2S. The summed E-state index contributed by atoms with van der Waals surface area (Å²) in [5.41, 5.74) is 3.82. The molecule has 0 spiro atoms. The Morgan fingerprint density at radius 2 is 1.81 bits per heavy atom. The molecule has 3 heteroatoms. The van der Waals surface area contributed by atoms with E-state index < -0.39 is 0 Å². The number of hydrogen-bond donors (Lipinski definition) is 0. The van der Waals surface area contributed by atoms with Crippen LogP contribution in [0.5, 0.6) is 0 Å². The van der Waals surface area contributed by atoms with E-state index in [0.717, 1.165) is 18.1 Å². The fourth-order valence-corrected chi connectivity index (χ4v) is 2.73. The summed E-state index contributed by atoms with van der Waals surface area (Å²) in [6, 6.07) is 2.21. The van der Waals surface area contributed by atoms with Crippen LogP contribution in [-0.2, 0) is 7.05 Å². The van der Waals surface area contributed by atoms with Crippen LogP contribution in [0.15, 0.2) is 6.07 Å². The summed E-state index contributed by atoms with van der Waals surface area (Å²) in [5, 5.41) is 0. The third-order valence-electron chi connectivity index (χ3n) is 3.65. The van der Waals surface area contributed by atoms with Crippen LogP contribution in [0.2, 0.25) is 0 Å². The number of rotatable bonds is 1. The molecule has 1 aliphatic rings. The van der Waals surface area contributed by atoms with Crippen molar-refractivity contribution in [3.05, 3.63) is 23.0 Å². The lowest BCUT2D eigenvalue weighted by Gasteiger charge is -2.29. The van der Waals surface area contributed by atoms with Gasteiger partial charge in [0.25, 0.3) is 0 Å². The molecule has 0 amide bonds. The van der Waals surface area contributed by atoms with Gasteiger partial charge in [-0.15, -0.1) is 0 Å². The zero-order valence-electron chi connectivity index (χ0n) is 10.4. The molecule has 0 radical (unpaired) electrons. The molecule has 0 saturated carbocycles. The van der Waals surface area contributed by atoms with Crippen molar-refractivity contribution in [1.29, 1.82) is 0 Å². The molecule has 88 valence electrons. The van der Waals surface area contributed by atoms with Crippen molar-refractivity contribution in [3.8, 4) is 0 Å². The van der Waals surface area contributed by atoms with Crippen LogP contribution in [0.3, 0.4) is 0 Å². The van der Waals surface area contributed by atoms with Crippen molar-refractivity contribution in [2.24, 2.45) is 7.05 Å².